The van der Waals surface area contributed by atoms with Crippen LogP contribution in [0.1, 0.15) is 10.4 Å². The molecule has 1 radical (unpaired) electrons. The molecule has 0 saturated heterocycles. The van der Waals surface area contributed by atoms with E-state index in [0.717, 1.165) is 0 Å². The topological polar surface area (TPSA) is 20.3 Å². The van der Waals surface area contributed by atoms with Crippen molar-refractivity contribution in [3.8, 4) is 0 Å². The van der Waals surface area contributed by atoms with Crippen LogP contribution in [-0.4, -0.2) is 24.9 Å². The smallest absolute Gasteiger partial charge is 0.254 e. The van der Waals surface area contributed by atoms with Gasteiger partial charge in [0, 0.05) is 14.1 Å². The molecule has 0 saturated carbocycles. The van der Waals surface area contributed by atoms with Gasteiger partial charge in [0.15, 0.2) is 0 Å². The van der Waals surface area contributed by atoms with E-state index < -0.39 is 0 Å². The van der Waals surface area contributed by atoms with Gasteiger partial charge in [0.2, 0.25) is 0 Å². The molecular formula is C9H15ClF4NOS. The van der Waals surface area contributed by atoms with Crippen LogP contribution in [-0.2, 0) is 0 Å². The number of rotatable bonds is 1. The van der Waals surface area contributed by atoms with E-state index in [0.29, 0.717) is 10.5 Å². The zero-order valence-corrected chi connectivity index (χ0v) is 10.7. The summed E-state index contributed by atoms with van der Waals surface area (Å²) in [5, 5.41) is 0. The van der Waals surface area contributed by atoms with Crippen molar-refractivity contribution in [2.24, 2.45) is 0 Å². The van der Waals surface area contributed by atoms with E-state index in [9.17, 15) is 4.79 Å². The maximum absolute atomic E-state index is 11.4. The van der Waals surface area contributed by atoms with E-state index in [1.807, 2.05) is 12.1 Å². The zero-order valence-electron chi connectivity index (χ0n) is 9.11. The minimum atomic E-state index is -0.0411. The highest BCUT2D eigenvalue weighted by Gasteiger charge is 2.10. The summed E-state index contributed by atoms with van der Waals surface area (Å²) in [6.45, 7) is 0. The third-order valence-electron chi connectivity index (χ3n) is 1.52. The van der Waals surface area contributed by atoms with Gasteiger partial charge in [-0.05, 0) is 12.1 Å². The summed E-state index contributed by atoms with van der Waals surface area (Å²) in [5.74, 6) is -0.0411. The monoisotopic (exact) mass is 296 g/mol. The van der Waals surface area contributed by atoms with Gasteiger partial charge in [0.25, 0.3) is 5.91 Å². The zero-order chi connectivity index (χ0) is 9.14. The maximum atomic E-state index is 11.4. The Morgan fingerprint density at radius 2 is 1.47 bits per heavy atom. The van der Waals surface area contributed by atoms with Crippen LogP contribution in [0.25, 0.3) is 0 Å². The molecule has 1 rings (SSSR count). The highest BCUT2D eigenvalue weighted by Crippen LogP contribution is 2.13. The fourth-order valence-electron chi connectivity index (χ4n) is 0.884. The summed E-state index contributed by atoms with van der Waals surface area (Å²) in [7, 11) is 3.42. The first-order valence-electron chi connectivity index (χ1n) is 3.60. The van der Waals surface area contributed by atoms with Crippen molar-refractivity contribution in [2.45, 2.75) is 4.90 Å². The van der Waals surface area contributed by atoms with Crippen molar-refractivity contribution in [1.82, 2.24) is 4.90 Å². The Balaban J connectivity index is -0.0000000960. The van der Waals surface area contributed by atoms with Crippen LogP contribution in [0.2, 0.25) is 0 Å². The summed E-state index contributed by atoms with van der Waals surface area (Å²) in [6.07, 6.45) is 0. The van der Waals surface area contributed by atoms with Gasteiger partial charge in [0.05, 0.1) is 10.5 Å². The minimum Gasteiger partial charge on any atom is -0.345 e. The normalized spacial score (nSPS) is 6.71. The Hall–Kier alpha value is -1.08. The van der Waals surface area contributed by atoms with Crippen LogP contribution < -0.4 is 0 Å². The fourth-order valence-corrected chi connectivity index (χ4v) is 1.12. The number of amides is 1. The lowest BCUT2D eigenvalue weighted by atomic mass is 10.2. The third kappa shape index (κ3) is 7.76. The molecule has 1 amide bonds. The molecule has 0 N–H and O–H groups in total. The maximum Gasteiger partial charge on any atom is 0.254 e. The van der Waals surface area contributed by atoms with Gasteiger partial charge >= 0.3 is 0 Å². The summed E-state index contributed by atoms with van der Waals surface area (Å²) in [6, 6.07) is 7.14. The van der Waals surface area contributed by atoms with Gasteiger partial charge < -0.3 is 4.90 Å². The Morgan fingerprint density at radius 1 is 1.06 bits per heavy atom. The first kappa shape index (κ1) is 29.7. The number of hydrogen-bond acceptors (Lipinski definition) is 1. The number of carbonyl (C=O) groups is 1. The van der Waals surface area contributed by atoms with Crippen molar-refractivity contribution in [3.63, 3.8) is 0 Å². The molecule has 0 heterocycles. The van der Waals surface area contributed by atoms with Crippen LogP contribution in [0.15, 0.2) is 29.2 Å². The summed E-state index contributed by atoms with van der Waals surface area (Å²) in [5.41, 5.74) is 0.595. The second-order valence-corrected chi connectivity index (χ2v) is 3.14. The number of carbonyl (C=O) groups excluding carboxylic acids is 1. The molecule has 0 aliphatic heterocycles. The molecule has 17 heavy (non-hydrogen) atoms. The lowest BCUT2D eigenvalue weighted by molar-refractivity contribution is 0.0824. The third-order valence-corrected chi connectivity index (χ3v) is 1.88. The minimum absolute atomic E-state index is 0. The van der Waals surface area contributed by atoms with Crippen molar-refractivity contribution < 1.29 is 23.6 Å². The summed E-state index contributed by atoms with van der Waals surface area (Å²) in [4.78, 5) is 13.6. The predicted molar refractivity (Wildman–Crippen MR) is 67.6 cm³/mol. The molecule has 1 aromatic carbocycles. The molecule has 0 aliphatic carbocycles. The Bertz CT molecular complexity index is 315. The van der Waals surface area contributed by atoms with Gasteiger partial charge in [0.1, 0.15) is 0 Å². The molecule has 0 spiro atoms. The van der Waals surface area contributed by atoms with E-state index in [1.165, 1.54) is 4.90 Å². The van der Waals surface area contributed by atoms with Crippen molar-refractivity contribution in [2.75, 3.05) is 14.1 Å². The first-order chi connectivity index (χ1) is 5.63. The Labute approximate surface area is 109 Å². The highest BCUT2D eigenvalue weighted by atomic mass is 35.5. The molecule has 0 atom stereocenters. The molecular weight excluding hydrogens is 282 g/mol. The van der Waals surface area contributed by atoms with Gasteiger partial charge in [-0.2, -0.15) is 0 Å². The Kier molecular flexibility index (Phi) is 22.7. The van der Waals surface area contributed by atoms with Crippen LogP contribution in [0.4, 0.5) is 18.8 Å². The lowest BCUT2D eigenvalue weighted by Crippen LogP contribution is -2.21. The second kappa shape index (κ2) is 13.0. The SMILES string of the molecule is CN(C)C(=O)c1ccccc1[S].Cl.F.F.F.F. The largest absolute Gasteiger partial charge is 0.345 e. The van der Waals surface area contributed by atoms with E-state index >= 15 is 0 Å². The van der Waals surface area contributed by atoms with Crippen molar-refractivity contribution >= 4 is 30.9 Å². The van der Waals surface area contributed by atoms with Crippen LogP contribution >= 0.6 is 25.0 Å². The summed E-state index contributed by atoms with van der Waals surface area (Å²) >= 11 is 5.00. The van der Waals surface area contributed by atoms with Gasteiger partial charge in [-0.1, -0.05) is 24.8 Å². The molecule has 0 fully saturated rings. The van der Waals surface area contributed by atoms with Gasteiger partial charge in [-0.15, -0.1) is 12.4 Å². The van der Waals surface area contributed by atoms with Crippen LogP contribution in [0, 0.1) is 0 Å². The molecule has 1 aromatic rings. The molecule has 103 valence electrons. The van der Waals surface area contributed by atoms with E-state index in [1.54, 1.807) is 26.2 Å². The average molecular weight is 297 g/mol. The molecule has 8 heteroatoms. The molecule has 0 bridgehead atoms. The number of nitrogens with zero attached hydrogens (tertiary/aromatic N) is 1. The van der Waals surface area contributed by atoms with Crippen molar-refractivity contribution in [3.05, 3.63) is 29.8 Å². The van der Waals surface area contributed by atoms with Crippen LogP contribution in [0.5, 0.6) is 0 Å². The van der Waals surface area contributed by atoms with E-state index in [-0.39, 0.29) is 37.1 Å². The number of benzene rings is 1. The standard InChI is InChI=1S/C9H10NOS.ClH.4FH/c1-10(2)9(11)7-5-3-4-6-8(7)12;;;;;/h3-6H,1-2H3;5*1H. The van der Waals surface area contributed by atoms with Crippen molar-refractivity contribution in [1.29, 1.82) is 0 Å². The average Bonchev–Trinajstić information content (AvgIpc) is 2.04. The van der Waals surface area contributed by atoms with Gasteiger partial charge in [-0.25, -0.2) is 0 Å². The Morgan fingerprint density at radius 3 is 1.82 bits per heavy atom. The number of hydrogen-bond donors (Lipinski definition) is 0. The van der Waals surface area contributed by atoms with E-state index in [4.69, 9.17) is 12.6 Å². The summed E-state index contributed by atoms with van der Waals surface area (Å²) < 4.78 is 0. The molecule has 2 nitrogen and oxygen atoms in total. The van der Waals surface area contributed by atoms with Gasteiger partial charge in [-0.3, -0.25) is 23.6 Å². The molecule has 0 aromatic heterocycles. The quantitative estimate of drug-likeness (QED) is 0.730. The highest BCUT2D eigenvalue weighted by molar-refractivity contribution is 7.80. The molecule has 0 unspecified atom stereocenters. The van der Waals surface area contributed by atoms with Crippen LogP contribution in [0.3, 0.4) is 0 Å². The second-order valence-electron chi connectivity index (χ2n) is 2.70. The number of halogens is 5. The lowest BCUT2D eigenvalue weighted by Gasteiger charge is -2.10. The van der Waals surface area contributed by atoms with E-state index in [2.05, 4.69) is 0 Å². The first-order valence-corrected chi connectivity index (χ1v) is 4.01. The molecule has 0 aliphatic rings. The fraction of sp³-hybridized carbons (Fsp3) is 0.222. The predicted octanol–water partition coefficient (Wildman–Crippen LogP) is 2.98.